The summed E-state index contributed by atoms with van der Waals surface area (Å²) in [7, 11) is 0. The van der Waals surface area contributed by atoms with E-state index in [9.17, 15) is 14.0 Å². The molecule has 0 saturated carbocycles. The predicted molar refractivity (Wildman–Crippen MR) is 117 cm³/mol. The van der Waals surface area contributed by atoms with Gasteiger partial charge in [-0.3, -0.25) is 14.9 Å². The van der Waals surface area contributed by atoms with Crippen molar-refractivity contribution in [3.05, 3.63) is 69.3 Å². The first-order valence-electron chi connectivity index (χ1n) is 8.98. The molecule has 0 fully saturated rings. The molecule has 8 heteroatoms. The summed E-state index contributed by atoms with van der Waals surface area (Å²) in [6.07, 6.45) is 1.75. The number of carbonyl (C=O) groups is 2. The fourth-order valence-corrected chi connectivity index (χ4v) is 3.77. The molecule has 0 saturated heterocycles. The van der Waals surface area contributed by atoms with Gasteiger partial charge in [-0.2, -0.15) is 0 Å². The molecule has 1 heterocycles. The van der Waals surface area contributed by atoms with Crippen LogP contribution in [0.1, 0.15) is 29.3 Å². The molecule has 29 heavy (non-hydrogen) atoms. The lowest BCUT2D eigenvalue weighted by Crippen LogP contribution is -2.21. The minimum absolute atomic E-state index is 0.0191. The first kappa shape index (κ1) is 21.1. The molecule has 2 amide bonds. The van der Waals surface area contributed by atoms with Crippen molar-refractivity contribution < 1.29 is 14.0 Å². The monoisotopic (exact) mass is 475 g/mol. The number of benzene rings is 2. The quantitative estimate of drug-likeness (QED) is 0.470. The first-order valence-corrected chi connectivity index (χ1v) is 10.7. The van der Waals surface area contributed by atoms with E-state index in [1.165, 1.54) is 42.0 Å². The number of halogens is 2. The lowest BCUT2D eigenvalue weighted by molar-refractivity contribution is -0.118. The Morgan fingerprint density at radius 3 is 2.66 bits per heavy atom. The van der Waals surface area contributed by atoms with Crippen molar-refractivity contribution in [2.75, 3.05) is 11.9 Å². The van der Waals surface area contributed by atoms with E-state index < -0.39 is 11.7 Å². The highest BCUT2D eigenvalue weighted by molar-refractivity contribution is 9.10. The van der Waals surface area contributed by atoms with Crippen molar-refractivity contribution in [2.24, 2.45) is 0 Å². The summed E-state index contributed by atoms with van der Waals surface area (Å²) in [5, 5.41) is 7.68. The van der Waals surface area contributed by atoms with Crippen molar-refractivity contribution in [1.29, 1.82) is 0 Å². The van der Waals surface area contributed by atoms with Gasteiger partial charge in [0.05, 0.1) is 11.3 Å². The van der Waals surface area contributed by atoms with Gasteiger partial charge in [-0.15, -0.1) is 11.3 Å². The predicted octanol–water partition coefficient (Wildman–Crippen LogP) is 5.03. The molecule has 5 nitrogen and oxygen atoms in total. The maximum absolute atomic E-state index is 13.9. The Morgan fingerprint density at radius 1 is 1.17 bits per heavy atom. The normalized spacial score (nSPS) is 10.6. The van der Waals surface area contributed by atoms with Crippen molar-refractivity contribution in [2.45, 2.75) is 19.8 Å². The second kappa shape index (κ2) is 9.76. The van der Waals surface area contributed by atoms with Crippen molar-refractivity contribution in [3.8, 4) is 11.3 Å². The van der Waals surface area contributed by atoms with E-state index in [1.54, 1.807) is 0 Å². The number of hydrogen-bond donors (Lipinski definition) is 2. The van der Waals surface area contributed by atoms with E-state index in [-0.39, 0.29) is 11.5 Å². The third-order valence-corrected chi connectivity index (χ3v) is 5.41. The molecule has 1 aromatic heterocycles. The molecule has 0 bridgehead atoms. The SMILES string of the molecule is CC(=O)NCCCc1ccc(-c2csc(NC(=O)c3cc(Br)ccc3F)n2)cc1. The van der Waals surface area contributed by atoms with Gasteiger partial charge < -0.3 is 5.32 Å². The van der Waals surface area contributed by atoms with Gasteiger partial charge >= 0.3 is 0 Å². The Hall–Kier alpha value is -2.58. The maximum Gasteiger partial charge on any atom is 0.260 e. The molecular formula is C21H19BrFN3O2S. The molecule has 0 aliphatic heterocycles. The van der Waals surface area contributed by atoms with Gasteiger partial charge in [-0.05, 0) is 36.6 Å². The topological polar surface area (TPSA) is 71.1 Å². The van der Waals surface area contributed by atoms with Crippen LogP contribution in [0.15, 0.2) is 52.3 Å². The van der Waals surface area contributed by atoms with Crippen LogP contribution in [0.5, 0.6) is 0 Å². The fourth-order valence-electron chi connectivity index (χ4n) is 2.70. The molecule has 0 unspecified atom stereocenters. The van der Waals surface area contributed by atoms with Gasteiger partial charge in [-0.25, -0.2) is 9.37 Å². The zero-order valence-electron chi connectivity index (χ0n) is 15.7. The minimum Gasteiger partial charge on any atom is -0.356 e. The number of aryl methyl sites for hydroxylation is 1. The molecule has 2 aromatic carbocycles. The van der Waals surface area contributed by atoms with Crippen LogP contribution in [0.4, 0.5) is 9.52 Å². The highest BCUT2D eigenvalue weighted by atomic mass is 79.9. The number of anilines is 1. The largest absolute Gasteiger partial charge is 0.356 e. The molecule has 150 valence electrons. The van der Waals surface area contributed by atoms with Crippen LogP contribution >= 0.6 is 27.3 Å². The fraction of sp³-hybridized carbons (Fsp3) is 0.190. The summed E-state index contributed by atoms with van der Waals surface area (Å²) in [5.41, 5.74) is 2.80. The highest BCUT2D eigenvalue weighted by Crippen LogP contribution is 2.26. The van der Waals surface area contributed by atoms with Crippen LogP contribution in [-0.4, -0.2) is 23.3 Å². The Labute approximate surface area is 180 Å². The number of aromatic nitrogens is 1. The van der Waals surface area contributed by atoms with Crippen LogP contribution in [0.2, 0.25) is 0 Å². The molecule has 3 rings (SSSR count). The lowest BCUT2D eigenvalue weighted by atomic mass is 10.1. The summed E-state index contributed by atoms with van der Waals surface area (Å²) in [6.45, 7) is 2.17. The summed E-state index contributed by atoms with van der Waals surface area (Å²) in [5.74, 6) is -1.15. The summed E-state index contributed by atoms with van der Waals surface area (Å²) < 4.78 is 14.5. The van der Waals surface area contributed by atoms with E-state index in [4.69, 9.17) is 0 Å². The zero-order chi connectivity index (χ0) is 20.8. The average Bonchev–Trinajstić information content (AvgIpc) is 3.16. The smallest absolute Gasteiger partial charge is 0.260 e. The van der Waals surface area contributed by atoms with Crippen LogP contribution in [0.3, 0.4) is 0 Å². The van der Waals surface area contributed by atoms with E-state index in [2.05, 4.69) is 31.5 Å². The molecule has 0 atom stereocenters. The second-order valence-electron chi connectivity index (χ2n) is 6.40. The second-order valence-corrected chi connectivity index (χ2v) is 8.17. The maximum atomic E-state index is 13.9. The van der Waals surface area contributed by atoms with Crippen molar-refractivity contribution in [3.63, 3.8) is 0 Å². The number of nitrogens with one attached hydrogen (secondary N) is 2. The van der Waals surface area contributed by atoms with Gasteiger partial charge in [0.15, 0.2) is 5.13 Å². The van der Waals surface area contributed by atoms with Crippen LogP contribution in [0.25, 0.3) is 11.3 Å². The number of carbonyl (C=O) groups excluding carboxylic acids is 2. The zero-order valence-corrected chi connectivity index (χ0v) is 18.1. The van der Waals surface area contributed by atoms with E-state index >= 15 is 0 Å². The van der Waals surface area contributed by atoms with Crippen LogP contribution in [-0.2, 0) is 11.2 Å². The molecule has 2 N–H and O–H groups in total. The van der Waals surface area contributed by atoms with E-state index in [0.29, 0.717) is 16.1 Å². The Bertz CT molecular complexity index is 1020. The Balaban J connectivity index is 1.61. The number of thiazole rings is 1. The van der Waals surface area contributed by atoms with Gasteiger partial charge in [0, 0.05) is 28.9 Å². The molecular weight excluding hydrogens is 457 g/mol. The minimum atomic E-state index is -0.587. The molecule has 0 spiro atoms. The Kier molecular flexibility index (Phi) is 7.11. The van der Waals surface area contributed by atoms with Crippen LogP contribution in [0, 0.1) is 5.82 Å². The summed E-state index contributed by atoms with van der Waals surface area (Å²) in [6, 6.07) is 12.2. The third-order valence-electron chi connectivity index (χ3n) is 4.16. The first-order chi connectivity index (χ1) is 13.9. The standard InChI is InChI=1S/C21H19BrFN3O2S/c1-13(27)24-10-2-3-14-4-6-15(7-5-14)19-12-29-21(25-19)26-20(28)17-11-16(22)8-9-18(17)23/h4-9,11-12H,2-3,10H2,1H3,(H,24,27)(H,25,26,28). The molecule has 3 aromatic rings. The molecule has 0 aliphatic rings. The molecule has 0 aliphatic carbocycles. The van der Waals surface area contributed by atoms with E-state index in [0.717, 1.165) is 24.1 Å². The van der Waals surface area contributed by atoms with Gasteiger partial charge in [-0.1, -0.05) is 40.2 Å². The number of hydrogen-bond acceptors (Lipinski definition) is 4. The highest BCUT2D eigenvalue weighted by Gasteiger charge is 2.14. The number of nitrogens with zero attached hydrogens (tertiary/aromatic N) is 1. The van der Waals surface area contributed by atoms with Crippen molar-refractivity contribution >= 4 is 44.2 Å². The average molecular weight is 476 g/mol. The summed E-state index contributed by atoms with van der Waals surface area (Å²) >= 11 is 4.52. The summed E-state index contributed by atoms with van der Waals surface area (Å²) in [4.78, 5) is 27.6. The number of amides is 2. The van der Waals surface area contributed by atoms with Crippen molar-refractivity contribution in [1.82, 2.24) is 10.3 Å². The molecule has 0 radical (unpaired) electrons. The van der Waals surface area contributed by atoms with Gasteiger partial charge in [0.2, 0.25) is 5.91 Å². The van der Waals surface area contributed by atoms with Gasteiger partial charge in [0.1, 0.15) is 5.82 Å². The van der Waals surface area contributed by atoms with E-state index in [1.807, 2.05) is 29.6 Å². The van der Waals surface area contributed by atoms with Crippen LogP contribution < -0.4 is 10.6 Å². The third kappa shape index (κ3) is 5.95. The lowest BCUT2D eigenvalue weighted by Gasteiger charge is -2.04. The Morgan fingerprint density at radius 2 is 1.93 bits per heavy atom. The number of rotatable bonds is 7. The van der Waals surface area contributed by atoms with Gasteiger partial charge in [0.25, 0.3) is 5.91 Å².